The third kappa shape index (κ3) is 4.48. The van der Waals surface area contributed by atoms with Crippen LogP contribution in [-0.2, 0) is 28.9 Å². The summed E-state index contributed by atoms with van der Waals surface area (Å²) in [5.41, 5.74) is 2.38. The van der Waals surface area contributed by atoms with Gasteiger partial charge >= 0.3 is 5.97 Å². The van der Waals surface area contributed by atoms with E-state index in [1.54, 1.807) is 16.2 Å². The Morgan fingerprint density at radius 2 is 1.92 bits per heavy atom. The van der Waals surface area contributed by atoms with Gasteiger partial charge in [-0.15, -0.1) is 11.3 Å². The first-order valence-corrected chi connectivity index (χ1v) is 9.50. The monoisotopic (exact) mass is 357 g/mol. The number of carbonyl (C=O) groups excluding carboxylic acids is 2. The second kappa shape index (κ2) is 8.30. The Morgan fingerprint density at radius 1 is 1.16 bits per heavy atom. The van der Waals surface area contributed by atoms with Crippen LogP contribution in [0.5, 0.6) is 0 Å². The van der Waals surface area contributed by atoms with Crippen molar-refractivity contribution in [3.63, 3.8) is 0 Å². The highest BCUT2D eigenvalue weighted by Crippen LogP contribution is 2.30. The molecule has 1 aromatic carbocycles. The van der Waals surface area contributed by atoms with Crippen molar-refractivity contribution in [2.24, 2.45) is 0 Å². The number of benzene rings is 1. The molecule has 5 heteroatoms. The predicted molar refractivity (Wildman–Crippen MR) is 98.8 cm³/mol. The van der Waals surface area contributed by atoms with Gasteiger partial charge in [0.1, 0.15) is 0 Å². The second-order valence-corrected chi connectivity index (χ2v) is 7.44. The van der Waals surface area contributed by atoms with Gasteiger partial charge in [0, 0.05) is 18.0 Å². The third-order valence-electron chi connectivity index (χ3n) is 4.52. The van der Waals surface area contributed by atoms with Crippen molar-refractivity contribution in [2.75, 3.05) is 13.7 Å². The maximum atomic E-state index is 13.1. The lowest BCUT2D eigenvalue weighted by molar-refractivity contribution is -0.140. The van der Waals surface area contributed by atoms with Crippen molar-refractivity contribution in [3.8, 4) is 0 Å². The topological polar surface area (TPSA) is 46.6 Å². The van der Waals surface area contributed by atoms with Crippen LogP contribution in [0.2, 0.25) is 0 Å². The van der Waals surface area contributed by atoms with Crippen LogP contribution in [0.25, 0.3) is 0 Å². The summed E-state index contributed by atoms with van der Waals surface area (Å²) in [4.78, 5) is 28.5. The minimum atomic E-state index is -0.295. The van der Waals surface area contributed by atoms with Gasteiger partial charge in [0.05, 0.1) is 18.4 Å². The van der Waals surface area contributed by atoms with Crippen LogP contribution >= 0.6 is 11.3 Å². The maximum Gasteiger partial charge on any atom is 0.307 e. The zero-order chi connectivity index (χ0) is 17.6. The van der Waals surface area contributed by atoms with E-state index in [0.717, 1.165) is 23.3 Å². The lowest BCUT2D eigenvalue weighted by Crippen LogP contribution is -2.32. The minimum absolute atomic E-state index is 0.00663. The molecule has 0 atom stereocenters. The van der Waals surface area contributed by atoms with Crippen LogP contribution in [-0.4, -0.2) is 30.4 Å². The number of fused-ring (bicyclic) bond motifs is 1. The normalized spacial score (nSPS) is 13.2. The van der Waals surface area contributed by atoms with E-state index in [1.807, 2.05) is 30.3 Å². The average molecular weight is 357 g/mol. The minimum Gasteiger partial charge on any atom is -0.469 e. The number of ether oxygens (including phenoxy) is 1. The Kier molecular flexibility index (Phi) is 5.87. The zero-order valence-corrected chi connectivity index (χ0v) is 15.3. The largest absolute Gasteiger partial charge is 0.469 e. The predicted octanol–water partition coefficient (Wildman–Crippen LogP) is 3.83. The molecule has 132 valence electrons. The number of hydrogen-bond acceptors (Lipinski definition) is 4. The van der Waals surface area contributed by atoms with E-state index >= 15 is 0 Å². The molecule has 25 heavy (non-hydrogen) atoms. The van der Waals surface area contributed by atoms with Gasteiger partial charge in [-0.3, -0.25) is 9.59 Å². The van der Waals surface area contributed by atoms with Crippen LogP contribution < -0.4 is 0 Å². The zero-order valence-electron chi connectivity index (χ0n) is 14.5. The molecule has 0 N–H and O–H groups in total. The van der Waals surface area contributed by atoms with E-state index in [9.17, 15) is 9.59 Å². The van der Waals surface area contributed by atoms with Crippen LogP contribution in [0, 0.1) is 0 Å². The lowest BCUT2D eigenvalue weighted by atomic mass is 9.99. The van der Waals surface area contributed by atoms with Crippen LogP contribution in [0.15, 0.2) is 36.4 Å². The number of hydrogen-bond donors (Lipinski definition) is 0. The lowest BCUT2D eigenvalue weighted by Gasteiger charge is -2.22. The molecule has 0 radical (unpaired) electrons. The van der Waals surface area contributed by atoms with E-state index in [-0.39, 0.29) is 18.3 Å². The summed E-state index contributed by atoms with van der Waals surface area (Å²) < 4.78 is 4.73. The van der Waals surface area contributed by atoms with Crippen LogP contribution in [0.3, 0.4) is 0 Å². The first kappa shape index (κ1) is 17.7. The molecule has 0 unspecified atom stereocenters. The van der Waals surface area contributed by atoms with Crippen molar-refractivity contribution < 1.29 is 14.3 Å². The summed E-state index contributed by atoms with van der Waals surface area (Å²) in [6, 6.07) is 11.9. The molecule has 1 amide bonds. The molecule has 4 nitrogen and oxygen atoms in total. The first-order chi connectivity index (χ1) is 12.2. The number of thiophene rings is 1. The second-order valence-electron chi connectivity index (χ2n) is 6.30. The number of nitrogens with zero attached hydrogens (tertiary/aromatic N) is 1. The molecule has 0 aliphatic heterocycles. The van der Waals surface area contributed by atoms with E-state index in [1.165, 1.54) is 30.4 Å². The Balaban J connectivity index is 1.78. The average Bonchev–Trinajstić information content (AvgIpc) is 3.09. The van der Waals surface area contributed by atoms with E-state index in [4.69, 9.17) is 4.74 Å². The first-order valence-electron chi connectivity index (χ1n) is 8.69. The van der Waals surface area contributed by atoms with Gasteiger partial charge in [0.25, 0.3) is 5.91 Å². The Bertz CT molecular complexity index is 715. The highest BCUT2D eigenvalue weighted by molar-refractivity contribution is 7.14. The van der Waals surface area contributed by atoms with Crippen LogP contribution in [0.1, 0.15) is 44.9 Å². The van der Waals surface area contributed by atoms with Crippen molar-refractivity contribution >= 4 is 23.2 Å². The van der Waals surface area contributed by atoms with Gasteiger partial charge in [0.2, 0.25) is 0 Å². The summed E-state index contributed by atoms with van der Waals surface area (Å²) >= 11 is 1.61. The molecular formula is C20H23NO3S. The van der Waals surface area contributed by atoms with Gasteiger partial charge in [-0.25, -0.2) is 0 Å². The van der Waals surface area contributed by atoms with Crippen LogP contribution in [0.4, 0.5) is 0 Å². The molecule has 1 aromatic heterocycles. The molecule has 1 aliphatic carbocycles. The fraction of sp³-hybridized carbons (Fsp3) is 0.400. The fourth-order valence-electron chi connectivity index (χ4n) is 3.14. The summed E-state index contributed by atoms with van der Waals surface area (Å²) in [7, 11) is 1.37. The van der Waals surface area contributed by atoms with Gasteiger partial charge < -0.3 is 9.64 Å². The summed E-state index contributed by atoms with van der Waals surface area (Å²) in [6.07, 6.45) is 4.76. The number of methoxy groups -OCH3 is 1. The van der Waals surface area contributed by atoms with Gasteiger partial charge in [0.15, 0.2) is 0 Å². The Hall–Kier alpha value is -2.14. The number of carbonyl (C=O) groups is 2. The van der Waals surface area contributed by atoms with Gasteiger partial charge in [-0.1, -0.05) is 30.3 Å². The Labute approximate surface area is 152 Å². The highest BCUT2D eigenvalue weighted by atomic mass is 32.1. The van der Waals surface area contributed by atoms with E-state index < -0.39 is 0 Å². The van der Waals surface area contributed by atoms with Gasteiger partial charge in [-0.2, -0.15) is 0 Å². The molecule has 0 saturated carbocycles. The SMILES string of the molecule is COC(=O)CCN(Cc1ccccc1)C(=O)c1cc2c(s1)CCCC2. The smallest absolute Gasteiger partial charge is 0.307 e. The molecule has 0 saturated heterocycles. The summed E-state index contributed by atoms with van der Waals surface area (Å²) in [6.45, 7) is 0.863. The summed E-state index contributed by atoms with van der Waals surface area (Å²) in [5.74, 6) is -0.288. The fourth-order valence-corrected chi connectivity index (χ4v) is 4.36. The molecule has 2 aromatic rings. The molecule has 0 bridgehead atoms. The highest BCUT2D eigenvalue weighted by Gasteiger charge is 2.22. The molecule has 0 spiro atoms. The van der Waals surface area contributed by atoms with Gasteiger partial charge in [-0.05, 0) is 42.9 Å². The quantitative estimate of drug-likeness (QED) is 0.738. The Morgan fingerprint density at radius 3 is 2.64 bits per heavy atom. The van der Waals surface area contributed by atoms with Crippen molar-refractivity contribution in [3.05, 3.63) is 57.3 Å². The van der Waals surface area contributed by atoms with E-state index in [2.05, 4.69) is 6.07 Å². The number of amides is 1. The van der Waals surface area contributed by atoms with Crippen molar-refractivity contribution in [2.45, 2.75) is 38.6 Å². The van der Waals surface area contributed by atoms with Crippen molar-refractivity contribution in [1.82, 2.24) is 4.90 Å². The van der Waals surface area contributed by atoms with E-state index in [0.29, 0.717) is 13.1 Å². The molecule has 1 aliphatic rings. The number of rotatable bonds is 6. The van der Waals surface area contributed by atoms with Crippen molar-refractivity contribution in [1.29, 1.82) is 0 Å². The molecule has 1 heterocycles. The molecule has 0 fully saturated rings. The molecule has 3 rings (SSSR count). The maximum absolute atomic E-state index is 13.1. The number of esters is 1. The third-order valence-corrected chi connectivity index (χ3v) is 5.75. The summed E-state index contributed by atoms with van der Waals surface area (Å²) in [5, 5.41) is 0. The molecular weight excluding hydrogens is 334 g/mol. The standard InChI is InChI=1S/C20H23NO3S/c1-24-19(22)11-12-21(14-15-7-3-2-4-8-15)20(23)18-13-16-9-5-6-10-17(16)25-18/h2-4,7-8,13H,5-6,9-12,14H2,1H3. The number of aryl methyl sites for hydroxylation is 2.